The van der Waals surface area contributed by atoms with Crippen LogP contribution in [0.1, 0.15) is 23.7 Å². The van der Waals surface area contributed by atoms with E-state index in [2.05, 4.69) is 5.32 Å². The molecule has 1 heterocycles. The first kappa shape index (κ1) is 14.2. The highest BCUT2D eigenvalue weighted by molar-refractivity contribution is 5.94. The average Bonchev–Trinajstić information content (AvgIpc) is 2.43. The number of amides is 1. The molecule has 1 unspecified atom stereocenters. The minimum absolute atomic E-state index is 0.0292. The zero-order chi connectivity index (χ0) is 14.5. The number of nitrogens with one attached hydrogen (secondary N) is 1. The van der Waals surface area contributed by atoms with Gasteiger partial charge in [0.15, 0.2) is 11.5 Å². The number of fused-ring (bicyclic) bond motifs is 1. The SMILES string of the molecule is CC(CNC(=O)c1ccc2c(c1)OCCO2)CC(=O)O. The Balaban J connectivity index is 1.94. The fourth-order valence-electron chi connectivity index (χ4n) is 1.92. The van der Waals surface area contributed by atoms with Gasteiger partial charge in [0.1, 0.15) is 13.2 Å². The Morgan fingerprint density at radius 2 is 2.00 bits per heavy atom. The van der Waals surface area contributed by atoms with Gasteiger partial charge in [0, 0.05) is 18.5 Å². The molecule has 0 saturated carbocycles. The second-order valence-corrected chi connectivity index (χ2v) is 4.77. The van der Waals surface area contributed by atoms with Crippen molar-refractivity contribution < 1.29 is 24.2 Å². The molecule has 2 N–H and O–H groups in total. The van der Waals surface area contributed by atoms with Crippen molar-refractivity contribution in [1.29, 1.82) is 0 Å². The Hall–Kier alpha value is -2.24. The summed E-state index contributed by atoms with van der Waals surface area (Å²) >= 11 is 0. The minimum Gasteiger partial charge on any atom is -0.486 e. The number of carboxylic acid groups (broad SMARTS) is 1. The van der Waals surface area contributed by atoms with Crippen molar-refractivity contribution in [2.45, 2.75) is 13.3 Å². The van der Waals surface area contributed by atoms with E-state index in [1.807, 2.05) is 0 Å². The highest BCUT2D eigenvalue weighted by Gasteiger charge is 2.15. The van der Waals surface area contributed by atoms with Gasteiger partial charge < -0.3 is 19.9 Å². The van der Waals surface area contributed by atoms with Crippen LogP contribution >= 0.6 is 0 Å². The standard InChI is InChI=1S/C14H17NO5/c1-9(6-13(16)17)8-15-14(18)10-2-3-11-12(7-10)20-5-4-19-11/h2-3,7,9H,4-6,8H2,1H3,(H,15,18)(H,16,17). The van der Waals surface area contributed by atoms with Gasteiger partial charge in [-0.05, 0) is 24.1 Å². The van der Waals surface area contributed by atoms with Crippen molar-refractivity contribution in [2.24, 2.45) is 5.92 Å². The van der Waals surface area contributed by atoms with Crippen molar-refractivity contribution in [2.75, 3.05) is 19.8 Å². The second-order valence-electron chi connectivity index (χ2n) is 4.77. The summed E-state index contributed by atoms with van der Waals surface area (Å²) < 4.78 is 10.8. The van der Waals surface area contributed by atoms with Crippen molar-refractivity contribution in [3.63, 3.8) is 0 Å². The lowest BCUT2D eigenvalue weighted by Crippen LogP contribution is -2.29. The van der Waals surface area contributed by atoms with Crippen molar-refractivity contribution >= 4 is 11.9 Å². The van der Waals surface area contributed by atoms with Crippen LogP contribution in [-0.2, 0) is 4.79 Å². The maximum atomic E-state index is 12.0. The van der Waals surface area contributed by atoms with Gasteiger partial charge in [0.25, 0.3) is 5.91 Å². The third-order valence-corrected chi connectivity index (χ3v) is 2.94. The smallest absolute Gasteiger partial charge is 0.303 e. The van der Waals surface area contributed by atoms with Gasteiger partial charge in [-0.15, -0.1) is 0 Å². The van der Waals surface area contributed by atoms with Crippen LogP contribution in [0.5, 0.6) is 11.5 Å². The molecule has 2 rings (SSSR count). The fraction of sp³-hybridized carbons (Fsp3) is 0.429. The molecule has 0 bridgehead atoms. The Bertz CT molecular complexity index is 514. The lowest BCUT2D eigenvalue weighted by Gasteiger charge is -2.19. The van der Waals surface area contributed by atoms with Crippen LogP contribution in [0.4, 0.5) is 0 Å². The third-order valence-electron chi connectivity index (χ3n) is 2.94. The van der Waals surface area contributed by atoms with E-state index in [9.17, 15) is 9.59 Å². The van der Waals surface area contributed by atoms with E-state index in [0.29, 0.717) is 36.8 Å². The normalized spacial score (nSPS) is 14.4. The van der Waals surface area contributed by atoms with Gasteiger partial charge in [0.2, 0.25) is 0 Å². The van der Waals surface area contributed by atoms with Gasteiger partial charge in [-0.2, -0.15) is 0 Å². The second kappa shape index (κ2) is 6.27. The number of hydrogen-bond acceptors (Lipinski definition) is 4. The molecule has 1 aliphatic heterocycles. The molecule has 108 valence electrons. The van der Waals surface area contributed by atoms with E-state index in [1.54, 1.807) is 25.1 Å². The molecule has 0 aromatic heterocycles. The molecule has 1 aromatic carbocycles. The number of rotatable bonds is 5. The van der Waals surface area contributed by atoms with Crippen LogP contribution < -0.4 is 14.8 Å². The van der Waals surface area contributed by atoms with E-state index in [0.717, 1.165) is 0 Å². The number of benzene rings is 1. The molecule has 0 spiro atoms. The maximum absolute atomic E-state index is 12.0. The predicted octanol–water partition coefficient (Wildman–Crippen LogP) is 1.30. The zero-order valence-corrected chi connectivity index (χ0v) is 11.2. The van der Waals surface area contributed by atoms with Crippen molar-refractivity contribution in [3.8, 4) is 11.5 Å². The Labute approximate surface area is 116 Å². The number of carbonyl (C=O) groups excluding carboxylic acids is 1. The molecule has 0 saturated heterocycles. The topological polar surface area (TPSA) is 84.9 Å². The molecule has 1 atom stereocenters. The van der Waals surface area contributed by atoms with E-state index >= 15 is 0 Å². The van der Waals surface area contributed by atoms with Crippen molar-refractivity contribution in [1.82, 2.24) is 5.32 Å². The quantitative estimate of drug-likeness (QED) is 0.848. The van der Waals surface area contributed by atoms with Crippen LogP contribution in [-0.4, -0.2) is 36.7 Å². The Kier molecular flexibility index (Phi) is 4.45. The molecule has 6 heteroatoms. The van der Waals surface area contributed by atoms with Gasteiger partial charge in [0.05, 0.1) is 0 Å². The number of hydrogen-bond donors (Lipinski definition) is 2. The Morgan fingerprint density at radius 1 is 1.30 bits per heavy atom. The molecule has 0 radical (unpaired) electrons. The maximum Gasteiger partial charge on any atom is 0.303 e. The monoisotopic (exact) mass is 279 g/mol. The van der Waals surface area contributed by atoms with E-state index < -0.39 is 5.97 Å². The van der Waals surface area contributed by atoms with Crippen LogP contribution in [0.25, 0.3) is 0 Å². The fourth-order valence-corrected chi connectivity index (χ4v) is 1.92. The summed E-state index contributed by atoms with van der Waals surface area (Å²) in [6.07, 6.45) is 0.0292. The first-order valence-corrected chi connectivity index (χ1v) is 6.46. The molecule has 1 aromatic rings. The first-order valence-electron chi connectivity index (χ1n) is 6.46. The molecule has 6 nitrogen and oxygen atoms in total. The van der Waals surface area contributed by atoms with Gasteiger partial charge in [-0.25, -0.2) is 0 Å². The van der Waals surface area contributed by atoms with Gasteiger partial charge >= 0.3 is 5.97 Å². The predicted molar refractivity (Wildman–Crippen MR) is 71.2 cm³/mol. The molecular formula is C14H17NO5. The highest BCUT2D eigenvalue weighted by atomic mass is 16.6. The van der Waals surface area contributed by atoms with E-state index in [-0.39, 0.29) is 18.2 Å². The number of carbonyl (C=O) groups is 2. The van der Waals surface area contributed by atoms with E-state index in [4.69, 9.17) is 14.6 Å². The molecular weight excluding hydrogens is 262 g/mol. The van der Waals surface area contributed by atoms with Gasteiger partial charge in [-0.1, -0.05) is 6.92 Å². The van der Waals surface area contributed by atoms with Gasteiger partial charge in [-0.3, -0.25) is 9.59 Å². The van der Waals surface area contributed by atoms with Crippen LogP contribution in [0.2, 0.25) is 0 Å². The molecule has 0 fully saturated rings. The van der Waals surface area contributed by atoms with E-state index in [1.165, 1.54) is 0 Å². The number of carboxylic acids is 1. The summed E-state index contributed by atoms with van der Waals surface area (Å²) in [6.45, 7) is 3.07. The van der Waals surface area contributed by atoms with Crippen LogP contribution in [0.3, 0.4) is 0 Å². The zero-order valence-electron chi connectivity index (χ0n) is 11.2. The largest absolute Gasteiger partial charge is 0.486 e. The highest BCUT2D eigenvalue weighted by Crippen LogP contribution is 2.30. The molecule has 1 amide bonds. The summed E-state index contributed by atoms with van der Waals surface area (Å²) in [5, 5.41) is 11.4. The summed E-state index contributed by atoms with van der Waals surface area (Å²) in [6, 6.07) is 4.99. The third kappa shape index (κ3) is 3.63. The number of aliphatic carboxylic acids is 1. The first-order chi connectivity index (χ1) is 9.56. The lowest BCUT2D eigenvalue weighted by atomic mass is 10.1. The molecule has 0 aliphatic carbocycles. The Morgan fingerprint density at radius 3 is 2.70 bits per heavy atom. The van der Waals surface area contributed by atoms with Crippen LogP contribution in [0, 0.1) is 5.92 Å². The average molecular weight is 279 g/mol. The summed E-state index contributed by atoms with van der Waals surface area (Å²) in [5.74, 6) is -0.0477. The minimum atomic E-state index is -0.869. The summed E-state index contributed by atoms with van der Waals surface area (Å²) in [7, 11) is 0. The van der Waals surface area contributed by atoms with Crippen LogP contribution in [0.15, 0.2) is 18.2 Å². The summed E-state index contributed by atoms with van der Waals surface area (Å²) in [4.78, 5) is 22.5. The van der Waals surface area contributed by atoms with Crippen molar-refractivity contribution in [3.05, 3.63) is 23.8 Å². The molecule has 1 aliphatic rings. The lowest BCUT2D eigenvalue weighted by molar-refractivity contribution is -0.137. The number of ether oxygens (including phenoxy) is 2. The molecule has 20 heavy (non-hydrogen) atoms. The summed E-state index contributed by atoms with van der Waals surface area (Å²) in [5.41, 5.74) is 0.469.